The first-order chi connectivity index (χ1) is 9.17. The number of hydrogen-bond donors (Lipinski definition) is 1. The van der Waals surface area contributed by atoms with Crippen molar-refractivity contribution in [3.63, 3.8) is 0 Å². The van der Waals surface area contributed by atoms with Crippen molar-refractivity contribution in [2.75, 3.05) is 20.6 Å². The maximum Gasteiger partial charge on any atom is 0.407 e. The van der Waals surface area contributed by atoms with Crippen LogP contribution in [-0.4, -0.2) is 49.1 Å². The van der Waals surface area contributed by atoms with Gasteiger partial charge >= 0.3 is 6.09 Å². The van der Waals surface area contributed by atoms with Gasteiger partial charge in [-0.2, -0.15) is 0 Å². The minimum absolute atomic E-state index is 0.133. The van der Waals surface area contributed by atoms with Crippen LogP contribution in [0.3, 0.4) is 0 Å². The van der Waals surface area contributed by atoms with Gasteiger partial charge in [-0.15, -0.1) is 0 Å². The van der Waals surface area contributed by atoms with Crippen LogP contribution >= 0.6 is 0 Å². The molecule has 5 nitrogen and oxygen atoms in total. The standard InChI is InChI=1S/C15H28N2O3/c1-15(2,3)20-14(19)16-12-8-6-11(7-9-12)13(18)10-17(4)5/h11-12H,6-10H2,1-5H3,(H,16,19). The van der Waals surface area contributed by atoms with Crippen molar-refractivity contribution >= 4 is 11.9 Å². The van der Waals surface area contributed by atoms with Crippen LogP contribution in [0.5, 0.6) is 0 Å². The number of carbonyl (C=O) groups excluding carboxylic acids is 2. The van der Waals surface area contributed by atoms with Gasteiger partial charge in [0, 0.05) is 12.0 Å². The zero-order valence-corrected chi connectivity index (χ0v) is 13.4. The van der Waals surface area contributed by atoms with Gasteiger partial charge in [-0.05, 0) is 60.5 Å². The fraction of sp³-hybridized carbons (Fsp3) is 0.867. The second kappa shape index (κ2) is 7.07. The lowest BCUT2D eigenvalue weighted by Crippen LogP contribution is -2.42. The summed E-state index contributed by atoms with van der Waals surface area (Å²) in [6, 6.07) is 0.133. The van der Waals surface area contributed by atoms with Crippen LogP contribution in [0, 0.1) is 5.92 Å². The molecule has 1 amide bonds. The Morgan fingerprint density at radius 3 is 2.15 bits per heavy atom. The quantitative estimate of drug-likeness (QED) is 0.860. The lowest BCUT2D eigenvalue weighted by molar-refractivity contribution is -0.124. The topological polar surface area (TPSA) is 58.6 Å². The number of amides is 1. The largest absolute Gasteiger partial charge is 0.444 e. The molecule has 1 aliphatic rings. The summed E-state index contributed by atoms with van der Waals surface area (Å²) in [5.41, 5.74) is -0.469. The van der Waals surface area contributed by atoms with Gasteiger partial charge in [0.05, 0.1) is 6.54 Å². The minimum atomic E-state index is -0.469. The van der Waals surface area contributed by atoms with E-state index in [0.717, 1.165) is 25.7 Å². The number of ether oxygens (including phenoxy) is 1. The van der Waals surface area contributed by atoms with E-state index in [1.165, 1.54) is 0 Å². The highest BCUT2D eigenvalue weighted by molar-refractivity contribution is 5.83. The molecule has 1 fully saturated rings. The summed E-state index contributed by atoms with van der Waals surface area (Å²) in [5, 5.41) is 2.89. The van der Waals surface area contributed by atoms with E-state index in [1.807, 2.05) is 39.8 Å². The average Bonchev–Trinajstić information content (AvgIpc) is 2.26. The number of rotatable bonds is 4. The van der Waals surface area contributed by atoms with Crippen LogP contribution in [0.15, 0.2) is 0 Å². The monoisotopic (exact) mass is 284 g/mol. The van der Waals surface area contributed by atoms with Gasteiger partial charge < -0.3 is 15.0 Å². The third kappa shape index (κ3) is 6.37. The van der Waals surface area contributed by atoms with Crippen molar-refractivity contribution < 1.29 is 14.3 Å². The van der Waals surface area contributed by atoms with E-state index in [9.17, 15) is 9.59 Å². The predicted octanol–water partition coefficient (Wildman–Crippen LogP) is 2.20. The SMILES string of the molecule is CN(C)CC(=O)C1CCC(NC(=O)OC(C)(C)C)CC1. The summed E-state index contributed by atoms with van der Waals surface area (Å²) in [5.74, 6) is 0.458. The predicted molar refractivity (Wildman–Crippen MR) is 78.7 cm³/mol. The van der Waals surface area contributed by atoms with Crippen molar-refractivity contribution in [3.8, 4) is 0 Å². The summed E-state index contributed by atoms with van der Waals surface area (Å²) in [4.78, 5) is 25.6. The van der Waals surface area contributed by atoms with Gasteiger partial charge in [0.2, 0.25) is 0 Å². The van der Waals surface area contributed by atoms with Crippen LogP contribution in [0.25, 0.3) is 0 Å². The smallest absolute Gasteiger partial charge is 0.407 e. The zero-order chi connectivity index (χ0) is 15.3. The molecule has 0 heterocycles. The summed E-state index contributed by atoms with van der Waals surface area (Å²) < 4.78 is 5.24. The minimum Gasteiger partial charge on any atom is -0.444 e. The fourth-order valence-electron chi connectivity index (χ4n) is 2.47. The summed E-state index contributed by atoms with van der Waals surface area (Å²) in [6.07, 6.45) is 3.05. The van der Waals surface area contributed by atoms with Gasteiger partial charge in [-0.3, -0.25) is 4.79 Å². The molecule has 0 aromatic carbocycles. The van der Waals surface area contributed by atoms with Crippen LogP contribution < -0.4 is 5.32 Å². The van der Waals surface area contributed by atoms with Gasteiger partial charge in [0.25, 0.3) is 0 Å². The van der Waals surface area contributed by atoms with E-state index in [1.54, 1.807) is 0 Å². The first-order valence-corrected chi connectivity index (χ1v) is 7.34. The van der Waals surface area contributed by atoms with E-state index in [4.69, 9.17) is 4.74 Å². The molecule has 20 heavy (non-hydrogen) atoms. The molecule has 116 valence electrons. The Morgan fingerprint density at radius 1 is 1.15 bits per heavy atom. The summed E-state index contributed by atoms with van der Waals surface area (Å²) in [6.45, 7) is 6.06. The van der Waals surface area contributed by atoms with Crippen LogP contribution in [0.4, 0.5) is 4.79 Å². The van der Waals surface area contributed by atoms with Gasteiger partial charge in [0.15, 0.2) is 0 Å². The number of likely N-dealkylation sites (N-methyl/N-ethyl adjacent to an activating group) is 1. The maximum atomic E-state index is 12.0. The van der Waals surface area contributed by atoms with Crippen molar-refractivity contribution in [2.45, 2.75) is 58.1 Å². The maximum absolute atomic E-state index is 12.0. The van der Waals surface area contributed by atoms with E-state index >= 15 is 0 Å². The number of ketones is 1. The highest BCUT2D eigenvalue weighted by atomic mass is 16.6. The Morgan fingerprint density at radius 2 is 1.70 bits per heavy atom. The lowest BCUT2D eigenvalue weighted by atomic mass is 9.83. The number of nitrogens with zero attached hydrogens (tertiary/aromatic N) is 1. The average molecular weight is 284 g/mol. The molecule has 5 heteroatoms. The van der Waals surface area contributed by atoms with Gasteiger partial charge in [-0.25, -0.2) is 4.79 Å². The molecular weight excluding hydrogens is 256 g/mol. The van der Waals surface area contributed by atoms with E-state index < -0.39 is 5.60 Å². The molecule has 1 N–H and O–H groups in total. The lowest BCUT2D eigenvalue weighted by Gasteiger charge is -2.29. The van der Waals surface area contributed by atoms with Crippen molar-refractivity contribution in [1.82, 2.24) is 10.2 Å². The second-order valence-electron chi connectivity index (χ2n) is 6.90. The molecule has 0 radical (unpaired) electrons. The summed E-state index contributed by atoms with van der Waals surface area (Å²) in [7, 11) is 3.82. The Hall–Kier alpha value is -1.10. The third-order valence-electron chi connectivity index (χ3n) is 3.38. The Balaban J connectivity index is 2.32. The second-order valence-corrected chi connectivity index (χ2v) is 6.90. The number of hydrogen-bond acceptors (Lipinski definition) is 4. The van der Waals surface area contributed by atoms with Crippen molar-refractivity contribution in [2.24, 2.45) is 5.92 Å². The molecular formula is C15H28N2O3. The number of Topliss-reactive ketones (excluding diaryl/α,β-unsaturated/α-hetero) is 1. The Bertz CT molecular complexity index is 340. The highest BCUT2D eigenvalue weighted by Crippen LogP contribution is 2.25. The van der Waals surface area contributed by atoms with E-state index in [2.05, 4.69) is 5.32 Å². The van der Waals surface area contributed by atoms with E-state index in [0.29, 0.717) is 12.3 Å². The highest BCUT2D eigenvalue weighted by Gasteiger charge is 2.28. The molecule has 1 rings (SSSR count). The molecule has 0 spiro atoms. The Kier molecular flexibility index (Phi) is 5.99. The molecule has 0 saturated heterocycles. The first kappa shape index (κ1) is 17.0. The molecule has 0 aromatic rings. The molecule has 1 saturated carbocycles. The van der Waals surface area contributed by atoms with Crippen molar-refractivity contribution in [3.05, 3.63) is 0 Å². The molecule has 1 aliphatic carbocycles. The number of alkyl carbamates (subject to hydrolysis) is 1. The fourth-order valence-corrected chi connectivity index (χ4v) is 2.47. The number of carbonyl (C=O) groups is 2. The third-order valence-corrected chi connectivity index (χ3v) is 3.38. The molecule has 0 aromatic heterocycles. The molecule has 0 bridgehead atoms. The van der Waals surface area contributed by atoms with Crippen LogP contribution in [0.1, 0.15) is 46.5 Å². The van der Waals surface area contributed by atoms with Gasteiger partial charge in [-0.1, -0.05) is 0 Å². The van der Waals surface area contributed by atoms with Gasteiger partial charge in [0.1, 0.15) is 11.4 Å². The Labute approximate surface area is 122 Å². The molecule has 0 atom stereocenters. The molecule has 0 aliphatic heterocycles. The number of nitrogens with one attached hydrogen (secondary N) is 1. The van der Waals surface area contributed by atoms with Crippen LogP contribution in [0.2, 0.25) is 0 Å². The van der Waals surface area contributed by atoms with E-state index in [-0.39, 0.29) is 18.1 Å². The van der Waals surface area contributed by atoms with Crippen LogP contribution in [-0.2, 0) is 9.53 Å². The van der Waals surface area contributed by atoms with Crippen molar-refractivity contribution in [1.29, 1.82) is 0 Å². The normalized spacial score (nSPS) is 23.5. The first-order valence-electron chi connectivity index (χ1n) is 7.34. The molecule has 0 unspecified atom stereocenters. The summed E-state index contributed by atoms with van der Waals surface area (Å²) >= 11 is 0. The zero-order valence-electron chi connectivity index (χ0n) is 13.4.